The summed E-state index contributed by atoms with van der Waals surface area (Å²) in [6.07, 6.45) is 0. The van der Waals surface area contributed by atoms with Crippen molar-refractivity contribution in [3.63, 3.8) is 0 Å². The maximum absolute atomic E-state index is 6.27. The summed E-state index contributed by atoms with van der Waals surface area (Å²) in [6, 6.07) is 61.1. The van der Waals surface area contributed by atoms with Crippen molar-refractivity contribution in [2.45, 2.75) is 0 Å². The van der Waals surface area contributed by atoms with E-state index in [1.807, 2.05) is 36.4 Å². The van der Waals surface area contributed by atoms with Crippen molar-refractivity contribution >= 4 is 43.5 Å². The summed E-state index contributed by atoms with van der Waals surface area (Å²) in [5.74, 6) is 1.83. The standard InChI is InChI=1S/C47H29N3O/c1-2-11-30(12-3-1)32-23-26-33(27-24-32)45-48-46(50-47(49-45)41-20-10-22-43-44(41)40-15-6-7-21-42(40)51-43)39-19-9-17-37-36(16-8-18-38(37)39)35-28-25-31-13-4-5-14-34(31)29-35/h1-29H. The Labute approximate surface area is 294 Å². The van der Waals surface area contributed by atoms with E-state index in [-0.39, 0.29) is 0 Å². The lowest BCUT2D eigenvalue weighted by molar-refractivity contribution is 0.669. The van der Waals surface area contributed by atoms with Gasteiger partial charge in [0, 0.05) is 27.5 Å². The Morgan fingerprint density at radius 2 is 0.863 bits per heavy atom. The number of hydrogen-bond acceptors (Lipinski definition) is 4. The smallest absolute Gasteiger partial charge is 0.164 e. The summed E-state index contributed by atoms with van der Waals surface area (Å²) < 4.78 is 6.27. The average Bonchev–Trinajstić information content (AvgIpc) is 3.59. The van der Waals surface area contributed by atoms with Gasteiger partial charge >= 0.3 is 0 Å². The van der Waals surface area contributed by atoms with Crippen molar-refractivity contribution in [1.29, 1.82) is 0 Å². The second-order valence-electron chi connectivity index (χ2n) is 12.8. The zero-order chi connectivity index (χ0) is 33.7. The van der Waals surface area contributed by atoms with Crippen LogP contribution in [0, 0.1) is 0 Å². The molecule has 2 aromatic heterocycles. The lowest BCUT2D eigenvalue weighted by Gasteiger charge is -2.13. The average molecular weight is 652 g/mol. The fourth-order valence-corrected chi connectivity index (χ4v) is 7.26. The first-order valence-electron chi connectivity index (χ1n) is 17.1. The van der Waals surface area contributed by atoms with Crippen molar-refractivity contribution in [2.75, 3.05) is 0 Å². The van der Waals surface area contributed by atoms with E-state index in [0.29, 0.717) is 17.5 Å². The summed E-state index contributed by atoms with van der Waals surface area (Å²) in [4.78, 5) is 15.6. The molecular weight excluding hydrogens is 623 g/mol. The molecule has 2 heterocycles. The van der Waals surface area contributed by atoms with Crippen molar-refractivity contribution < 1.29 is 4.42 Å². The monoisotopic (exact) mass is 651 g/mol. The first kappa shape index (κ1) is 29.0. The molecule has 0 aliphatic rings. The number of nitrogens with zero attached hydrogens (tertiary/aromatic N) is 3. The Balaban J connectivity index is 1.18. The first-order valence-corrected chi connectivity index (χ1v) is 17.1. The molecule has 4 nitrogen and oxygen atoms in total. The molecule has 0 aliphatic heterocycles. The van der Waals surface area contributed by atoms with Crippen molar-refractivity contribution in [2.24, 2.45) is 0 Å². The van der Waals surface area contributed by atoms with Gasteiger partial charge in [0.05, 0.1) is 0 Å². The maximum atomic E-state index is 6.27. The van der Waals surface area contributed by atoms with Crippen molar-refractivity contribution in [3.8, 4) is 56.4 Å². The lowest BCUT2D eigenvalue weighted by Crippen LogP contribution is -2.01. The summed E-state index contributed by atoms with van der Waals surface area (Å²) in [7, 11) is 0. The quantitative estimate of drug-likeness (QED) is 0.186. The van der Waals surface area contributed by atoms with E-state index < -0.39 is 0 Å². The zero-order valence-corrected chi connectivity index (χ0v) is 27.5. The maximum Gasteiger partial charge on any atom is 0.164 e. The highest BCUT2D eigenvalue weighted by atomic mass is 16.3. The predicted octanol–water partition coefficient (Wildman–Crippen LogP) is 12.4. The van der Waals surface area contributed by atoms with Gasteiger partial charge in [0.2, 0.25) is 0 Å². The molecule has 0 fully saturated rings. The molecule has 0 unspecified atom stereocenters. The summed E-state index contributed by atoms with van der Waals surface area (Å²) in [6.45, 7) is 0. The number of rotatable bonds is 5. The molecule has 8 aromatic carbocycles. The second kappa shape index (κ2) is 11.9. The van der Waals surface area contributed by atoms with E-state index in [4.69, 9.17) is 19.4 Å². The Morgan fingerprint density at radius 3 is 1.71 bits per heavy atom. The molecule has 51 heavy (non-hydrogen) atoms. The third-order valence-corrected chi connectivity index (χ3v) is 9.75. The van der Waals surface area contributed by atoms with Gasteiger partial charge in [-0.25, -0.2) is 15.0 Å². The third-order valence-electron chi connectivity index (χ3n) is 9.75. The van der Waals surface area contributed by atoms with E-state index in [0.717, 1.165) is 60.5 Å². The molecule has 0 amide bonds. The number of aromatic nitrogens is 3. The molecular formula is C47H29N3O. The van der Waals surface area contributed by atoms with Gasteiger partial charge in [-0.3, -0.25) is 0 Å². The Morgan fingerprint density at radius 1 is 0.314 bits per heavy atom. The molecule has 0 spiro atoms. The molecule has 0 bridgehead atoms. The molecule has 4 heteroatoms. The normalized spacial score (nSPS) is 11.5. The topological polar surface area (TPSA) is 51.8 Å². The van der Waals surface area contributed by atoms with Crippen LogP contribution >= 0.6 is 0 Å². The molecule has 0 atom stereocenters. The van der Waals surface area contributed by atoms with Crippen LogP contribution < -0.4 is 0 Å². The number of benzene rings is 8. The van der Waals surface area contributed by atoms with Crippen molar-refractivity contribution in [1.82, 2.24) is 15.0 Å². The van der Waals surface area contributed by atoms with Gasteiger partial charge in [-0.1, -0.05) is 158 Å². The SMILES string of the molecule is c1ccc(-c2ccc(-c3nc(-c4cccc5c(-c6ccc7ccccc7c6)cccc45)nc(-c4cccc5oc6ccccc6c45)n3)cc2)cc1. The minimum Gasteiger partial charge on any atom is -0.456 e. The second-order valence-corrected chi connectivity index (χ2v) is 12.8. The first-order chi connectivity index (χ1) is 25.3. The van der Waals surface area contributed by atoms with E-state index in [9.17, 15) is 0 Å². The Kier molecular flexibility index (Phi) is 6.78. The number of furan rings is 1. The van der Waals surface area contributed by atoms with E-state index in [1.54, 1.807) is 0 Å². The highest BCUT2D eigenvalue weighted by molar-refractivity contribution is 6.12. The van der Waals surface area contributed by atoms with E-state index in [1.165, 1.54) is 21.9 Å². The van der Waals surface area contributed by atoms with Gasteiger partial charge in [0.25, 0.3) is 0 Å². The Bertz CT molecular complexity index is 2910. The fraction of sp³-hybridized carbons (Fsp3) is 0. The summed E-state index contributed by atoms with van der Waals surface area (Å²) >= 11 is 0. The minimum atomic E-state index is 0.599. The molecule has 10 rings (SSSR count). The molecule has 0 aliphatic carbocycles. The summed E-state index contributed by atoms with van der Waals surface area (Å²) in [5, 5.41) is 6.69. The molecule has 0 saturated heterocycles. The highest BCUT2D eigenvalue weighted by Crippen LogP contribution is 2.39. The van der Waals surface area contributed by atoms with Gasteiger partial charge < -0.3 is 4.42 Å². The molecule has 0 N–H and O–H groups in total. The van der Waals surface area contributed by atoms with Crippen molar-refractivity contribution in [3.05, 3.63) is 176 Å². The van der Waals surface area contributed by atoms with Crippen LogP contribution in [0.25, 0.3) is 99.9 Å². The van der Waals surface area contributed by atoms with Crippen LogP contribution in [0.1, 0.15) is 0 Å². The largest absolute Gasteiger partial charge is 0.456 e. The third kappa shape index (κ3) is 5.04. The Hall–Kier alpha value is -6.91. The molecule has 238 valence electrons. The number of hydrogen-bond donors (Lipinski definition) is 0. The number of fused-ring (bicyclic) bond motifs is 5. The number of para-hydroxylation sites is 1. The van der Waals surface area contributed by atoms with E-state index >= 15 is 0 Å². The van der Waals surface area contributed by atoms with Gasteiger partial charge in [-0.2, -0.15) is 0 Å². The van der Waals surface area contributed by atoms with Crippen LogP contribution in [-0.2, 0) is 0 Å². The molecule has 0 radical (unpaired) electrons. The van der Waals surface area contributed by atoms with Crippen LogP contribution in [-0.4, -0.2) is 15.0 Å². The minimum absolute atomic E-state index is 0.599. The fourth-order valence-electron chi connectivity index (χ4n) is 7.26. The summed E-state index contributed by atoms with van der Waals surface area (Å²) in [5.41, 5.74) is 9.05. The van der Waals surface area contributed by atoms with Gasteiger partial charge in [-0.15, -0.1) is 0 Å². The van der Waals surface area contributed by atoms with Gasteiger partial charge in [0.1, 0.15) is 11.2 Å². The highest BCUT2D eigenvalue weighted by Gasteiger charge is 2.19. The lowest BCUT2D eigenvalue weighted by atomic mass is 9.94. The van der Waals surface area contributed by atoms with Crippen LogP contribution in [0.4, 0.5) is 0 Å². The van der Waals surface area contributed by atoms with Crippen LogP contribution in [0.3, 0.4) is 0 Å². The van der Waals surface area contributed by atoms with Gasteiger partial charge in [-0.05, 0) is 62.0 Å². The van der Waals surface area contributed by atoms with Crippen LogP contribution in [0.15, 0.2) is 180 Å². The van der Waals surface area contributed by atoms with Gasteiger partial charge in [0.15, 0.2) is 17.5 Å². The zero-order valence-electron chi connectivity index (χ0n) is 27.5. The molecule has 10 aromatic rings. The van der Waals surface area contributed by atoms with Crippen LogP contribution in [0.5, 0.6) is 0 Å². The predicted molar refractivity (Wildman–Crippen MR) is 209 cm³/mol. The molecule has 0 saturated carbocycles. The van der Waals surface area contributed by atoms with Crippen LogP contribution in [0.2, 0.25) is 0 Å². The van der Waals surface area contributed by atoms with E-state index in [2.05, 4.69) is 140 Å².